The van der Waals surface area contributed by atoms with Gasteiger partial charge in [-0.3, -0.25) is 4.79 Å². The molecule has 24 heavy (non-hydrogen) atoms. The van der Waals surface area contributed by atoms with Gasteiger partial charge >= 0.3 is 6.61 Å². The maximum absolute atomic E-state index is 12.3. The molecule has 0 radical (unpaired) electrons. The van der Waals surface area contributed by atoms with Crippen LogP contribution in [0.2, 0.25) is 0 Å². The van der Waals surface area contributed by atoms with Crippen LogP contribution < -0.4 is 14.8 Å². The lowest BCUT2D eigenvalue weighted by Gasteiger charge is -2.11. The summed E-state index contributed by atoms with van der Waals surface area (Å²) in [5.41, 5.74) is 0.656. The van der Waals surface area contributed by atoms with Gasteiger partial charge in [0, 0.05) is 12.6 Å². The normalized spacial score (nSPS) is 11.3. The molecule has 0 bridgehead atoms. The minimum absolute atomic E-state index is 0.0304. The van der Waals surface area contributed by atoms with Crippen molar-refractivity contribution in [2.75, 3.05) is 33.8 Å². The van der Waals surface area contributed by atoms with Crippen LogP contribution in [0.25, 0.3) is 6.08 Å². The van der Waals surface area contributed by atoms with Gasteiger partial charge in [-0.05, 0) is 57.8 Å². The molecule has 1 N–H and O–H groups in total. The number of amides is 1. The highest BCUT2D eigenvalue weighted by molar-refractivity contribution is 5.91. The van der Waals surface area contributed by atoms with Crippen molar-refractivity contribution in [1.29, 1.82) is 0 Å². The van der Waals surface area contributed by atoms with E-state index in [2.05, 4.69) is 10.1 Å². The van der Waals surface area contributed by atoms with Crippen LogP contribution >= 0.6 is 0 Å². The molecule has 134 valence electrons. The Balaban J connectivity index is 2.62. The van der Waals surface area contributed by atoms with Crippen LogP contribution in [0.5, 0.6) is 11.5 Å². The summed E-state index contributed by atoms with van der Waals surface area (Å²) < 4.78 is 34.4. The van der Waals surface area contributed by atoms with Gasteiger partial charge in [-0.25, -0.2) is 0 Å². The quantitative estimate of drug-likeness (QED) is 0.525. The van der Waals surface area contributed by atoms with E-state index in [1.165, 1.54) is 12.1 Å². The predicted octanol–water partition coefficient (Wildman–Crippen LogP) is 2.77. The van der Waals surface area contributed by atoms with Crippen LogP contribution in [0, 0.1) is 0 Å². The Labute approximate surface area is 141 Å². The van der Waals surface area contributed by atoms with E-state index in [1.54, 1.807) is 25.1 Å². The Morgan fingerprint density at radius 1 is 1.33 bits per heavy atom. The Kier molecular flexibility index (Phi) is 8.78. The van der Waals surface area contributed by atoms with E-state index in [0.29, 0.717) is 18.7 Å². The topological polar surface area (TPSA) is 50.8 Å². The number of ether oxygens (including phenoxy) is 2. The molecule has 0 aliphatic rings. The third-order valence-corrected chi connectivity index (χ3v) is 2.99. The first kappa shape index (κ1) is 19.9. The van der Waals surface area contributed by atoms with Gasteiger partial charge in [-0.1, -0.05) is 6.07 Å². The zero-order chi connectivity index (χ0) is 17.9. The monoisotopic (exact) mass is 342 g/mol. The number of halogens is 2. The second-order valence-electron chi connectivity index (χ2n) is 5.30. The zero-order valence-corrected chi connectivity index (χ0v) is 14.2. The molecule has 1 rings (SSSR count). The molecule has 7 heteroatoms. The molecular weight excluding hydrogens is 318 g/mol. The van der Waals surface area contributed by atoms with Gasteiger partial charge in [-0.2, -0.15) is 8.78 Å². The second-order valence-corrected chi connectivity index (χ2v) is 5.30. The van der Waals surface area contributed by atoms with Crippen molar-refractivity contribution in [3.63, 3.8) is 0 Å². The first-order valence-electron chi connectivity index (χ1n) is 7.74. The SMILES string of the molecule is CCOc1cc(C=CC(=O)NCCCN(C)C)ccc1OC(F)F. The third-order valence-electron chi connectivity index (χ3n) is 2.99. The van der Waals surface area contributed by atoms with Gasteiger partial charge in [0.1, 0.15) is 0 Å². The molecule has 1 aromatic carbocycles. The number of hydrogen-bond donors (Lipinski definition) is 1. The number of carbonyl (C=O) groups is 1. The van der Waals surface area contributed by atoms with Gasteiger partial charge < -0.3 is 19.7 Å². The lowest BCUT2D eigenvalue weighted by Crippen LogP contribution is -2.25. The van der Waals surface area contributed by atoms with Crippen LogP contribution in [-0.2, 0) is 4.79 Å². The fourth-order valence-corrected chi connectivity index (χ4v) is 1.93. The minimum Gasteiger partial charge on any atom is -0.490 e. The lowest BCUT2D eigenvalue weighted by molar-refractivity contribution is -0.116. The van der Waals surface area contributed by atoms with Crippen LogP contribution in [0.3, 0.4) is 0 Å². The molecule has 1 amide bonds. The largest absolute Gasteiger partial charge is 0.490 e. The van der Waals surface area contributed by atoms with Gasteiger partial charge in [0.2, 0.25) is 5.91 Å². The van der Waals surface area contributed by atoms with E-state index in [4.69, 9.17) is 4.74 Å². The first-order chi connectivity index (χ1) is 11.4. The molecule has 0 aromatic heterocycles. The van der Waals surface area contributed by atoms with Crippen LogP contribution in [0.1, 0.15) is 18.9 Å². The molecule has 0 atom stereocenters. The number of nitrogens with zero attached hydrogens (tertiary/aromatic N) is 1. The Morgan fingerprint density at radius 3 is 2.71 bits per heavy atom. The molecule has 0 fully saturated rings. The molecule has 0 unspecified atom stereocenters. The molecule has 0 aliphatic carbocycles. The Morgan fingerprint density at radius 2 is 2.08 bits per heavy atom. The molecule has 1 aromatic rings. The maximum atomic E-state index is 12.3. The molecule has 0 saturated heterocycles. The summed E-state index contributed by atoms with van der Waals surface area (Å²) in [6.07, 6.45) is 3.85. The van der Waals surface area contributed by atoms with Crippen molar-refractivity contribution >= 4 is 12.0 Å². The van der Waals surface area contributed by atoms with E-state index in [1.807, 2.05) is 19.0 Å². The molecule has 0 heterocycles. The lowest BCUT2D eigenvalue weighted by atomic mass is 10.2. The predicted molar refractivity (Wildman–Crippen MR) is 89.5 cm³/mol. The van der Waals surface area contributed by atoms with Crippen LogP contribution in [0.15, 0.2) is 24.3 Å². The van der Waals surface area contributed by atoms with E-state index in [9.17, 15) is 13.6 Å². The molecule has 0 spiro atoms. The molecule has 0 aliphatic heterocycles. The Bertz CT molecular complexity index is 549. The number of alkyl halides is 2. The molecular formula is C17H24F2N2O3. The average molecular weight is 342 g/mol. The van der Waals surface area contributed by atoms with Crippen molar-refractivity contribution in [2.24, 2.45) is 0 Å². The number of nitrogens with one attached hydrogen (secondary N) is 1. The summed E-state index contributed by atoms with van der Waals surface area (Å²) in [4.78, 5) is 13.8. The van der Waals surface area contributed by atoms with Crippen molar-refractivity contribution in [3.8, 4) is 11.5 Å². The minimum atomic E-state index is -2.92. The highest BCUT2D eigenvalue weighted by Gasteiger charge is 2.11. The summed E-state index contributed by atoms with van der Waals surface area (Å²) in [6, 6.07) is 4.53. The van der Waals surface area contributed by atoms with Gasteiger partial charge in [0.25, 0.3) is 0 Å². The highest BCUT2D eigenvalue weighted by atomic mass is 19.3. The van der Waals surface area contributed by atoms with Crippen molar-refractivity contribution in [1.82, 2.24) is 10.2 Å². The van der Waals surface area contributed by atoms with Crippen molar-refractivity contribution in [3.05, 3.63) is 29.8 Å². The summed E-state index contributed by atoms with van der Waals surface area (Å²) in [7, 11) is 3.94. The van der Waals surface area contributed by atoms with Gasteiger partial charge in [0.05, 0.1) is 6.61 Å². The van der Waals surface area contributed by atoms with E-state index >= 15 is 0 Å². The zero-order valence-electron chi connectivity index (χ0n) is 14.2. The summed E-state index contributed by atoms with van der Waals surface area (Å²) in [5.74, 6) is -0.0249. The van der Waals surface area contributed by atoms with Crippen molar-refractivity contribution in [2.45, 2.75) is 20.0 Å². The number of hydrogen-bond acceptors (Lipinski definition) is 4. The number of benzene rings is 1. The maximum Gasteiger partial charge on any atom is 0.387 e. The first-order valence-corrected chi connectivity index (χ1v) is 7.74. The summed E-state index contributed by atoms with van der Waals surface area (Å²) in [6.45, 7) is 0.633. The van der Waals surface area contributed by atoms with E-state index < -0.39 is 6.61 Å². The number of carbonyl (C=O) groups excluding carboxylic acids is 1. The molecule has 0 saturated carbocycles. The Hall–Kier alpha value is -2.15. The number of rotatable bonds is 10. The van der Waals surface area contributed by atoms with Crippen LogP contribution in [-0.4, -0.2) is 51.2 Å². The van der Waals surface area contributed by atoms with Gasteiger partial charge in [-0.15, -0.1) is 0 Å². The van der Waals surface area contributed by atoms with E-state index in [0.717, 1.165) is 13.0 Å². The molecule has 5 nitrogen and oxygen atoms in total. The average Bonchev–Trinajstić information content (AvgIpc) is 2.51. The van der Waals surface area contributed by atoms with Crippen molar-refractivity contribution < 1.29 is 23.0 Å². The highest BCUT2D eigenvalue weighted by Crippen LogP contribution is 2.30. The fourth-order valence-electron chi connectivity index (χ4n) is 1.93. The van der Waals surface area contributed by atoms with E-state index in [-0.39, 0.29) is 17.4 Å². The standard InChI is InChI=1S/C17H24F2N2O3/c1-4-23-15-12-13(6-8-14(15)24-17(18)19)7-9-16(22)20-10-5-11-21(2)3/h6-9,12,17H,4-5,10-11H2,1-3H3,(H,20,22). The fraction of sp³-hybridized carbons (Fsp3) is 0.471. The smallest absolute Gasteiger partial charge is 0.387 e. The summed E-state index contributed by atoms with van der Waals surface area (Å²) >= 11 is 0. The second kappa shape index (κ2) is 10.6. The van der Waals surface area contributed by atoms with Crippen LogP contribution in [0.4, 0.5) is 8.78 Å². The van der Waals surface area contributed by atoms with Gasteiger partial charge in [0.15, 0.2) is 11.5 Å². The third kappa shape index (κ3) is 7.92. The summed E-state index contributed by atoms with van der Waals surface area (Å²) in [5, 5.41) is 2.78.